The maximum Gasteiger partial charge on any atom is 0.257 e. The Morgan fingerprint density at radius 1 is 1.33 bits per heavy atom. The largest absolute Gasteiger partial charge is 0.484 e. The summed E-state index contributed by atoms with van der Waals surface area (Å²) in [6.45, 7) is 2.79. The van der Waals surface area contributed by atoms with E-state index in [0.717, 1.165) is 25.9 Å². The van der Waals surface area contributed by atoms with Crippen LogP contribution in [0.3, 0.4) is 0 Å². The van der Waals surface area contributed by atoms with Crippen LogP contribution in [-0.4, -0.2) is 45.0 Å². The molecule has 21 heavy (non-hydrogen) atoms. The highest BCUT2D eigenvalue weighted by molar-refractivity contribution is 5.77. The van der Waals surface area contributed by atoms with Crippen molar-refractivity contribution in [3.05, 3.63) is 30.3 Å². The lowest BCUT2D eigenvalue weighted by Gasteiger charge is -2.10. The Kier molecular flexibility index (Phi) is 7.04. The van der Waals surface area contributed by atoms with Gasteiger partial charge in [0.1, 0.15) is 5.75 Å². The van der Waals surface area contributed by atoms with Gasteiger partial charge in [0.05, 0.1) is 12.7 Å². The fourth-order valence-corrected chi connectivity index (χ4v) is 2.11. The fourth-order valence-electron chi connectivity index (χ4n) is 2.11. The molecule has 1 aromatic rings. The smallest absolute Gasteiger partial charge is 0.257 e. The lowest BCUT2D eigenvalue weighted by molar-refractivity contribution is -0.123. The molecular formula is C16H23NO4. The number of amides is 1. The lowest BCUT2D eigenvalue weighted by atomic mass is 10.2. The molecule has 1 atom stereocenters. The third-order valence-electron chi connectivity index (χ3n) is 3.23. The van der Waals surface area contributed by atoms with Gasteiger partial charge in [-0.1, -0.05) is 18.2 Å². The molecule has 1 aromatic carbocycles. The van der Waals surface area contributed by atoms with Crippen molar-refractivity contribution in [2.75, 3.05) is 33.0 Å². The van der Waals surface area contributed by atoms with Crippen molar-refractivity contribution in [3.63, 3.8) is 0 Å². The Bertz CT molecular complexity index is 404. The molecule has 1 aliphatic rings. The van der Waals surface area contributed by atoms with Crippen molar-refractivity contribution in [1.29, 1.82) is 0 Å². The summed E-state index contributed by atoms with van der Waals surface area (Å²) in [6.07, 6.45) is 3.28. The minimum atomic E-state index is -0.113. The molecule has 1 fully saturated rings. The van der Waals surface area contributed by atoms with Gasteiger partial charge >= 0.3 is 0 Å². The summed E-state index contributed by atoms with van der Waals surface area (Å²) < 4.78 is 16.3. The van der Waals surface area contributed by atoms with E-state index >= 15 is 0 Å². The van der Waals surface area contributed by atoms with Gasteiger partial charge in [0.2, 0.25) is 0 Å². The lowest BCUT2D eigenvalue weighted by Crippen LogP contribution is -2.30. The Morgan fingerprint density at radius 3 is 2.95 bits per heavy atom. The van der Waals surface area contributed by atoms with Crippen LogP contribution in [0.2, 0.25) is 0 Å². The Morgan fingerprint density at radius 2 is 2.19 bits per heavy atom. The molecule has 1 saturated heterocycles. The third-order valence-corrected chi connectivity index (χ3v) is 3.23. The zero-order valence-corrected chi connectivity index (χ0v) is 12.3. The van der Waals surface area contributed by atoms with Crippen molar-refractivity contribution < 1.29 is 19.0 Å². The van der Waals surface area contributed by atoms with Gasteiger partial charge in [0.15, 0.2) is 6.61 Å². The average Bonchev–Trinajstić information content (AvgIpc) is 3.03. The van der Waals surface area contributed by atoms with E-state index in [1.54, 1.807) is 0 Å². The first-order valence-corrected chi connectivity index (χ1v) is 7.48. The first-order chi connectivity index (χ1) is 10.3. The molecule has 1 heterocycles. The van der Waals surface area contributed by atoms with Crippen LogP contribution in [0, 0.1) is 0 Å². The van der Waals surface area contributed by atoms with Crippen LogP contribution in [0.25, 0.3) is 0 Å². The number of carbonyl (C=O) groups is 1. The van der Waals surface area contributed by atoms with E-state index in [4.69, 9.17) is 14.2 Å². The summed E-state index contributed by atoms with van der Waals surface area (Å²) in [5.74, 6) is 0.588. The van der Waals surface area contributed by atoms with E-state index in [1.165, 1.54) is 0 Å². The second kappa shape index (κ2) is 9.37. The van der Waals surface area contributed by atoms with Gasteiger partial charge < -0.3 is 19.5 Å². The Hall–Kier alpha value is -1.59. The van der Waals surface area contributed by atoms with Crippen LogP contribution in [-0.2, 0) is 14.3 Å². The highest BCUT2D eigenvalue weighted by Gasteiger charge is 2.14. The molecule has 0 aliphatic carbocycles. The molecular weight excluding hydrogens is 270 g/mol. The molecule has 1 N–H and O–H groups in total. The predicted molar refractivity (Wildman–Crippen MR) is 79.4 cm³/mol. The molecule has 0 spiro atoms. The number of para-hydroxylation sites is 1. The van der Waals surface area contributed by atoms with Crippen molar-refractivity contribution in [3.8, 4) is 5.75 Å². The minimum Gasteiger partial charge on any atom is -0.484 e. The number of carbonyl (C=O) groups excluding carboxylic acids is 1. The summed E-state index contributed by atoms with van der Waals surface area (Å²) >= 11 is 0. The number of rotatable bonds is 9. The molecule has 1 unspecified atom stereocenters. The minimum absolute atomic E-state index is 0.0424. The van der Waals surface area contributed by atoms with E-state index in [9.17, 15) is 4.79 Å². The van der Waals surface area contributed by atoms with Crippen LogP contribution >= 0.6 is 0 Å². The first kappa shape index (κ1) is 15.8. The summed E-state index contributed by atoms with van der Waals surface area (Å²) in [5, 5.41) is 2.81. The zero-order chi connectivity index (χ0) is 14.8. The van der Waals surface area contributed by atoms with Crippen LogP contribution in [0.5, 0.6) is 5.75 Å². The van der Waals surface area contributed by atoms with Gasteiger partial charge in [0.25, 0.3) is 5.91 Å². The molecule has 1 amide bonds. The molecule has 2 rings (SSSR count). The van der Waals surface area contributed by atoms with Crippen LogP contribution in [0.4, 0.5) is 0 Å². The number of ether oxygens (including phenoxy) is 3. The number of hydrogen-bond acceptors (Lipinski definition) is 4. The fraction of sp³-hybridized carbons (Fsp3) is 0.562. The standard InChI is InChI=1S/C16H23NO4/c18-16(13-21-14-6-2-1-3-7-14)17-9-5-10-19-12-15-8-4-11-20-15/h1-3,6-7,15H,4-5,8-13H2,(H,17,18). The van der Waals surface area contributed by atoms with Crippen LogP contribution < -0.4 is 10.1 Å². The second-order valence-corrected chi connectivity index (χ2v) is 5.02. The zero-order valence-electron chi connectivity index (χ0n) is 12.3. The van der Waals surface area contributed by atoms with E-state index in [0.29, 0.717) is 25.5 Å². The van der Waals surface area contributed by atoms with Gasteiger partial charge in [-0.3, -0.25) is 4.79 Å². The molecule has 0 aromatic heterocycles. The SMILES string of the molecule is O=C(COc1ccccc1)NCCCOCC1CCCO1. The van der Waals surface area contributed by atoms with Crippen molar-refractivity contribution in [1.82, 2.24) is 5.32 Å². The van der Waals surface area contributed by atoms with Gasteiger partial charge in [-0.2, -0.15) is 0 Å². The van der Waals surface area contributed by atoms with E-state index in [-0.39, 0.29) is 18.6 Å². The maximum atomic E-state index is 11.6. The highest BCUT2D eigenvalue weighted by atomic mass is 16.5. The highest BCUT2D eigenvalue weighted by Crippen LogP contribution is 2.11. The summed E-state index contributed by atoms with van der Waals surface area (Å²) in [4.78, 5) is 11.6. The summed E-state index contributed by atoms with van der Waals surface area (Å²) in [6, 6.07) is 9.30. The topological polar surface area (TPSA) is 56.8 Å². The summed E-state index contributed by atoms with van der Waals surface area (Å²) in [7, 11) is 0. The van der Waals surface area contributed by atoms with Crippen molar-refractivity contribution in [2.24, 2.45) is 0 Å². The van der Waals surface area contributed by atoms with E-state index < -0.39 is 0 Å². The molecule has 5 nitrogen and oxygen atoms in total. The normalized spacial score (nSPS) is 17.6. The monoisotopic (exact) mass is 293 g/mol. The van der Waals surface area contributed by atoms with E-state index in [1.807, 2.05) is 30.3 Å². The van der Waals surface area contributed by atoms with Gasteiger partial charge in [0, 0.05) is 19.8 Å². The predicted octanol–water partition coefficient (Wildman–Crippen LogP) is 1.77. The Labute approximate surface area is 125 Å². The van der Waals surface area contributed by atoms with E-state index in [2.05, 4.69) is 5.32 Å². The number of hydrogen-bond donors (Lipinski definition) is 1. The van der Waals surface area contributed by atoms with Crippen LogP contribution in [0.15, 0.2) is 30.3 Å². The van der Waals surface area contributed by atoms with Gasteiger partial charge in [-0.05, 0) is 31.4 Å². The average molecular weight is 293 g/mol. The summed E-state index contributed by atoms with van der Waals surface area (Å²) in [5.41, 5.74) is 0. The van der Waals surface area contributed by atoms with Crippen LogP contribution in [0.1, 0.15) is 19.3 Å². The Balaban J connectivity index is 1.44. The van der Waals surface area contributed by atoms with Gasteiger partial charge in [-0.15, -0.1) is 0 Å². The molecule has 116 valence electrons. The van der Waals surface area contributed by atoms with Gasteiger partial charge in [-0.25, -0.2) is 0 Å². The van der Waals surface area contributed by atoms with Crippen molar-refractivity contribution >= 4 is 5.91 Å². The first-order valence-electron chi connectivity index (χ1n) is 7.48. The van der Waals surface area contributed by atoms with Crippen molar-refractivity contribution in [2.45, 2.75) is 25.4 Å². The molecule has 5 heteroatoms. The third kappa shape index (κ3) is 6.60. The quantitative estimate of drug-likeness (QED) is 0.705. The molecule has 1 aliphatic heterocycles. The number of benzene rings is 1. The molecule has 0 radical (unpaired) electrons. The number of nitrogens with one attached hydrogen (secondary N) is 1. The second-order valence-electron chi connectivity index (χ2n) is 5.02. The molecule has 0 saturated carbocycles. The molecule has 0 bridgehead atoms. The maximum absolute atomic E-state index is 11.6.